The van der Waals surface area contributed by atoms with Crippen LogP contribution in [0.2, 0.25) is 0 Å². The molecule has 1 atom stereocenters. The topological polar surface area (TPSA) is 70.7 Å². The van der Waals surface area contributed by atoms with E-state index in [1.807, 2.05) is 12.1 Å². The number of anilines is 1. The summed E-state index contributed by atoms with van der Waals surface area (Å²) in [5.74, 6) is -0.0183. The molecule has 2 aromatic carbocycles. The van der Waals surface area contributed by atoms with E-state index in [1.54, 1.807) is 31.2 Å². The van der Waals surface area contributed by atoms with E-state index in [-0.39, 0.29) is 11.8 Å². The third kappa shape index (κ3) is 7.64. The summed E-state index contributed by atoms with van der Waals surface area (Å²) in [7, 11) is 0. The minimum atomic E-state index is -0.407. The number of hydrogen-bond acceptors (Lipinski definition) is 4. The van der Waals surface area contributed by atoms with Crippen LogP contribution in [-0.4, -0.2) is 49.7 Å². The average Bonchev–Trinajstić information content (AvgIpc) is 2.79. The van der Waals surface area contributed by atoms with Gasteiger partial charge in [0.2, 0.25) is 0 Å². The fourth-order valence-electron chi connectivity index (χ4n) is 4.09. The smallest absolute Gasteiger partial charge is 0.338 e. The Morgan fingerprint density at radius 3 is 2.78 bits per heavy atom. The Morgan fingerprint density at radius 1 is 1.19 bits per heavy atom. The molecule has 32 heavy (non-hydrogen) atoms. The SMILES string of the molecule is CCOC(=O)c1cccc(NC(=O)NCCCN2CCCC(Cc3ccc(F)cc3)C2)c1. The molecule has 1 aliphatic rings. The number of carbonyl (C=O) groups excluding carboxylic acids is 2. The summed E-state index contributed by atoms with van der Waals surface area (Å²) in [5.41, 5.74) is 2.14. The van der Waals surface area contributed by atoms with Crippen LogP contribution in [0.5, 0.6) is 0 Å². The monoisotopic (exact) mass is 441 g/mol. The van der Waals surface area contributed by atoms with E-state index < -0.39 is 5.97 Å². The third-order valence-electron chi connectivity index (χ3n) is 5.61. The van der Waals surface area contributed by atoms with Gasteiger partial charge in [0.25, 0.3) is 0 Å². The van der Waals surface area contributed by atoms with Crippen LogP contribution in [-0.2, 0) is 11.2 Å². The molecule has 1 fully saturated rings. The van der Waals surface area contributed by atoms with Gasteiger partial charge in [-0.05, 0) is 87.5 Å². The van der Waals surface area contributed by atoms with E-state index in [2.05, 4.69) is 15.5 Å². The second-order valence-electron chi connectivity index (χ2n) is 8.18. The number of esters is 1. The summed E-state index contributed by atoms with van der Waals surface area (Å²) in [6, 6.07) is 13.2. The van der Waals surface area contributed by atoms with Gasteiger partial charge in [-0.15, -0.1) is 0 Å². The first-order chi connectivity index (χ1) is 15.5. The van der Waals surface area contributed by atoms with Crippen molar-refractivity contribution < 1.29 is 18.7 Å². The first-order valence-corrected chi connectivity index (χ1v) is 11.3. The third-order valence-corrected chi connectivity index (χ3v) is 5.61. The lowest BCUT2D eigenvalue weighted by Crippen LogP contribution is -2.38. The van der Waals surface area contributed by atoms with Gasteiger partial charge in [0, 0.05) is 18.8 Å². The van der Waals surface area contributed by atoms with Crippen LogP contribution in [0.15, 0.2) is 48.5 Å². The van der Waals surface area contributed by atoms with E-state index >= 15 is 0 Å². The van der Waals surface area contributed by atoms with Crippen molar-refractivity contribution in [2.45, 2.75) is 32.6 Å². The molecule has 0 spiro atoms. The zero-order valence-electron chi connectivity index (χ0n) is 18.6. The summed E-state index contributed by atoms with van der Waals surface area (Å²) >= 11 is 0. The molecule has 0 radical (unpaired) electrons. The van der Waals surface area contributed by atoms with Gasteiger partial charge in [-0.1, -0.05) is 18.2 Å². The fourth-order valence-corrected chi connectivity index (χ4v) is 4.09. The minimum Gasteiger partial charge on any atom is -0.462 e. The molecule has 1 saturated heterocycles. The highest BCUT2D eigenvalue weighted by Gasteiger charge is 2.20. The second-order valence-corrected chi connectivity index (χ2v) is 8.18. The highest BCUT2D eigenvalue weighted by molar-refractivity contribution is 5.93. The number of halogens is 1. The first-order valence-electron chi connectivity index (χ1n) is 11.3. The fraction of sp³-hybridized carbons (Fsp3) is 0.440. The maximum atomic E-state index is 13.1. The number of amides is 2. The van der Waals surface area contributed by atoms with Gasteiger partial charge in [-0.3, -0.25) is 0 Å². The molecule has 2 amide bonds. The quantitative estimate of drug-likeness (QED) is 0.445. The molecule has 2 aromatic rings. The summed E-state index contributed by atoms with van der Waals surface area (Å²) in [4.78, 5) is 26.4. The van der Waals surface area contributed by atoms with Crippen molar-refractivity contribution in [2.24, 2.45) is 5.92 Å². The lowest BCUT2D eigenvalue weighted by Gasteiger charge is -2.32. The van der Waals surface area contributed by atoms with Crippen molar-refractivity contribution in [2.75, 3.05) is 38.1 Å². The number of rotatable bonds is 9. The number of nitrogens with zero attached hydrogens (tertiary/aromatic N) is 1. The van der Waals surface area contributed by atoms with Crippen LogP contribution >= 0.6 is 0 Å². The zero-order chi connectivity index (χ0) is 22.8. The van der Waals surface area contributed by atoms with Crippen molar-refractivity contribution in [1.29, 1.82) is 0 Å². The van der Waals surface area contributed by atoms with Gasteiger partial charge in [-0.2, -0.15) is 0 Å². The lowest BCUT2D eigenvalue weighted by atomic mass is 9.91. The zero-order valence-corrected chi connectivity index (χ0v) is 18.6. The molecule has 2 N–H and O–H groups in total. The van der Waals surface area contributed by atoms with Crippen molar-refractivity contribution in [1.82, 2.24) is 10.2 Å². The number of likely N-dealkylation sites (tertiary alicyclic amines) is 1. The van der Waals surface area contributed by atoms with Crippen LogP contribution in [0.4, 0.5) is 14.9 Å². The number of piperidine rings is 1. The number of carbonyl (C=O) groups is 2. The van der Waals surface area contributed by atoms with Crippen LogP contribution in [0.3, 0.4) is 0 Å². The van der Waals surface area contributed by atoms with Crippen molar-refractivity contribution in [3.8, 4) is 0 Å². The van der Waals surface area contributed by atoms with Crippen LogP contribution in [0.1, 0.15) is 42.1 Å². The van der Waals surface area contributed by atoms with Gasteiger partial charge in [0.05, 0.1) is 12.2 Å². The summed E-state index contributed by atoms with van der Waals surface area (Å²) < 4.78 is 18.1. The highest BCUT2D eigenvalue weighted by atomic mass is 19.1. The molecule has 0 bridgehead atoms. The van der Waals surface area contributed by atoms with Gasteiger partial charge < -0.3 is 20.3 Å². The molecule has 1 heterocycles. The average molecular weight is 442 g/mol. The molecule has 3 rings (SSSR count). The number of benzene rings is 2. The molecule has 0 aromatic heterocycles. The Morgan fingerprint density at radius 2 is 2.00 bits per heavy atom. The van der Waals surface area contributed by atoms with Crippen LogP contribution in [0, 0.1) is 11.7 Å². The molecule has 6 nitrogen and oxygen atoms in total. The molecular weight excluding hydrogens is 409 g/mol. The van der Waals surface area contributed by atoms with E-state index in [1.165, 1.54) is 24.1 Å². The maximum absolute atomic E-state index is 13.1. The van der Waals surface area contributed by atoms with Gasteiger partial charge >= 0.3 is 12.0 Å². The Labute approximate surface area is 189 Å². The molecular formula is C25H32FN3O3. The number of nitrogens with one attached hydrogen (secondary N) is 2. The van der Waals surface area contributed by atoms with Crippen LogP contribution < -0.4 is 10.6 Å². The largest absolute Gasteiger partial charge is 0.462 e. The van der Waals surface area contributed by atoms with Crippen molar-refractivity contribution in [3.05, 3.63) is 65.5 Å². The number of ether oxygens (including phenoxy) is 1. The van der Waals surface area contributed by atoms with Gasteiger partial charge in [-0.25, -0.2) is 14.0 Å². The molecule has 172 valence electrons. The Hall–Kier alpha value is -2.93. The van der Waals surface area contributed by atoms with E-state index in [9.17, 15) is 14.0 Å². The van der Waals surface area contributed by atoms with E-state index in [0.717, 1.165) is 38.9 Å². The first kappa shape index (κ1) is 23.7. The predicted molar refractivity (Wildman–Crippen MR) is 123 cm³/mol. The number of hydrogen-bond donors (Lipinski definition) is 2. The summed E-state index contributed by atoms with van der Waals surface area (Å²) in [6.45, 7) is 5.67. The highest BCUT2D eigenvalue weighted by Crippen LogP contribution is 2.21. The normalized spacial score (nSPS) is 16.4. The Bertz CT molecular complexity index is 888. The Balaban J connectivity index is 1.35. The molecule has 0 saturated carbocycles. The molecule has 1 unspecified atom stereocenters. The molecule has 1 aliphatic heterocycles. The standard InChI is InChI=1S/C25H32FN3O3/c1-2-32-24(30)21-7-3-8-23(17-21)28-25(31)27-13-5-15-29-14-4-6-20(18-29)16-19-9-11-22(26)12-10-19/h3,7-12,17,20H,2,4-6,13-16,18H2,1H3,(H2,27,28,31). The van der Waals surface area contributed by atoms with Gasteiger partial charge in [0.1, 0.15) is 5.82 Å². The molecule has 0 aliphatic carbocycles. The second kappa shape index (κ2) is 12.2. The summed E-state index contributed by atoms with van der Waals surface area (Å²) in [5, 5.41) is 5.63. The predicted octanol–water partition coefficient (Wildman–Crippen LogP) is 4.47. The van der Waals surface area contributed by atoms with E-state index in [0.29, 0.717) is 30.3 Å². The lowest BCUT2D eigenvalue weighted by molar-refractivity contribution is 0.0526. The minimum absolute atomic E-state index is 0.192. The van der Waals surface area contributed by atoms with E-state index in [4.69, 9.17) is 4.74 Å². The summed E-state index contributed by atoms with van der Waals surface area (Å²) in [6.07, 6.45) is 4.19. The maximum Gasteiger partial charge on any atom is 0.338 e. The van der Waals surface area contributed by atoms with Crippen LogP contribution in [0.25, 0.3) is 0 Å². The Kier molecular flexibility index (Phi) is 9.04. The van der Waals surface area contributed by atoms with Crippen molar-refractivity contribution >= 4 is 17.7 Å². The van der Waals surface area contributed by atoms with Crippen molar-refractivity contribution in [3.63, 3.8) is 0 Å². The molecule has 7 heteroatoms. The number of urea groups is 1. The van der Waals surface area contributed by atoms with Gasteiger partial charge in [0.15, 0.2) is 0 Å².